The SMILES string of the molecule is CC(=O)N(CCC(=O)NCC(C)C)Cc1ccccc1. The monoisotopic (exact) mass is 276 g/mol. The first kappa shape index (κ1) is 16.2. The van der Waals surface area contributed by atoms with Gasteiger partial charge in [0.05, 0.1) is 0 Å². The first-order valence-electron chi connectivity index (χ1n) is 7.05. The van der Waals surface area contributed by atoms with Crippen LogP contribution in [0.4, 0.5) is 0 Å². The van der Waals surface area contributed by atoms with E-state index in [0.29, 0.717) is 32.0 Å². The van der Waals surface area contributed by atoms with Crippen molar-refractivity contribution >= 4 is 11.8 Å². The van der Waals surface area contributed by atoms with Crippen LogP contribution in [0.3, 0.4) is 0 Å². The fourth-order valence-corrected chi connectivity index (χ4v) is 1.79. The second kappa shape index (κ2) is 8.35. The summed E-state index contributed by atoms with van der Waals surface area (Å²) < 4.78 is 0. The van der Waals surface area contributed by atoms with Crippen LogP contribution < -0.4 is 5.32 Å². The number of carbonyl (C=O) groups is 2. The highest BCUT2D eigenvalue weighted by molar-refractivity contribution is 5.78. The number of benzene rings is 1. The Kier molecular flexibility index (Phi) is 6.77. The van der Waals surface area contributed by atoms with Gasteiger partial charge in [-0.1, -0.05) is 44.2 Å². The largest absolute Gasteiger partial charge is 0.356 e. The van der Waals surface area contributed by atoms with Crippen LogP contribution in [0.5, 0.6) is 0 Å². The van der Waals surface area contributed by atoms with Crippen molar-refractivity contribution < 1.29 is 9.59 Å². The first-order chi connectivity index (χ1) is 9.49. The standard InChI is InChI=1S/C16H24N2O2/c1-13(2)11-17-16(20)9-10-18(14(3)19)12-15-7-5-4-6-8-15/h4-8,13H,9-12H2,1-3H3,(H,17,20). The molecule has 110 valence electrons. The fourth-order valence-electron chi connectivity index (χ4n) is 1.79. The minimum absolute atomic E-state index is 0.00184. The number of carbonyl (C=O) groups excluding carboxylic acids is 2. The van der Waals surface area contributed by atoms with Crippen molar-refractivity contribution in [2.75, 3.05) is 13.1 Å². The van der Waals surface area contributed by atoms with E-state index in [-0.39, 0.29) is 11.8 Å². The van der Waals surface area contributed by atoms with E-state index in [1.807, 2.05) is 30.3 Å². The molecule has 0 aliphatic rings. The van der Waals surface area contributed by atoms with E-state index in [1.54, 1.807) is 4.90 Å². The molecule has 1 aromatic rings. The molecule has 0 saturated carbocycles. The van der Waals surface area contributed by atoms with Gasteiger partial charge in [-0.15, -0.1) is 0 Å². The Bertz CT molecular complexity index is 429. The van der Waals surface area contributed by atoms with Gasteiger partial charge >= 0.3 is 0 Å². The maximum atomic E-state index is 11.7. The van der Waals surface area contributed by atoms with Crippen molar-refractivity contribution in [1.29, 1.82) is 0 Å². The van der Waals surface area contributed by atoms with Crippen LogP contribution in [0.2, 0.25) is 0 Å². The summed E-state index contributed by atoms with van der Waals surface area (Å²) in [6.45, 7) is 7.32. The van der Waals surface area contributed by atoms with Crippen molar-refractivity contribution in [1.82, 2.24) is 10.2 Å². The fraction of sp³-hybridized carbons (Fsp3) is 0.500. The van der Waals surface area contributed by atoms with Crippen LogP contribution in [0.15, 0.2) is 30.3 Å². The van der Waals surface area contributed by atoms with Crippen LogP contribution >= 0.6 is 0 Å². The van der Waals surface area contributed by atoms with Gasteiger partial charge in [0.15, 0.2) is 0 Å². The van der Waals surface area contributed by atoms with Crippen molar-refractivity contribution in [2.24, 2.45) is 5.92 Å². The molecule has 0 saturated heterocycles. The molecule has 0 aliphatic carbocycles. The van der Waals surface area contributed by atoms with Gasteiger partial charge in [0.1, 0.15) is 0 Å². The van der Waals surface area contributed by atoms with Gasteiger partial charge in [-0.3, -0.25) is 9.59 Å². The zero-order valence-electron chi connectivity index (χ0n) is 12.6. The summed E-state index contributed by atoms with van der Waals surface area (Å²) in [5.74, 6) is 0.427. The molecular formula is C16H24N2O2. The summed E-state index contributed by atoms with van der Waals surface area (Å²) in [6, 6.07) is 9.80. The molecule has 1 N–H and O–H groups in total. The average Bonchev–Trinajstić information content (AvgIpc) is 2.42. The number of nitrogens with one attached hydrogen (secondary N) is 1. The third-order valence-corrected chi connectivity index (χ3v) is 2.98. The van der Waals surface area contributed by atoms with Crippen molar-refractivity contribution in [3.8, 4) is 0 Å². The van der Waals surface area contributed by atoms with Gasteiger partial charge in [-0.25, -0.2) is 0 Å². The van der Waals surface area contributed by atoms with Crippen LogP contribution in [0.1, 0.15) is 32.8 Å². The predicted octanol–water partition coefficient (Wildman–Crippen LogP) is 2.20. The molecule has 0 unspecified atom stereocenters. The molecule has 0 atom stereocenters. The average molecular weight is 276 g/mol. The maximum absolute atomic E-state index is 11.7. The molecular weight excluding hydrogens is 252 g/mol. The third kappa shape index (κ3) is 6.36. The van der Waals surface area contributed by atoms with Crippen LogP contribution in [-0.2, 0) is 16.1 Å². The number of amides is 2. The van der Waals surface area contributed by atoms with E-state index in [4.69, 9.17) is 0 Å². The van der Waals surface area contributed by atoms with E-state index in [1.165, 1.54) is 6.92 Å². The molecule has 2 amide bonds. The molecule has 0 spiro atoms. The smallest absolute Gasteiger partial charge is 0.221 e. The molecule has 0 aromatic heterocycles. The summed E-state index contributed by atoms with van der Waals surface area (Å²) in [4.78, 5) is 25.0. The van der Waals surface area contributed by atoms with Crippen molar-refractivity contribution in [3.05, 3.63) is 35.9 Å². The topological polar surface area (TPSA) is 49.4 Å². The van der Waals surface area contributed by atoms with Crippen LogP contribution in [0.25, 0.3) is 0 Å². The van der Waals surface area contributed by atoms with E-state index >= 15 is 0 Å². The maximum Gasteiger partial charge on any atom is 0.221 e. The van der Waals surface area contributed by atoms with Gasteiger partial charge in [0.2, 0.25) is 11.8 Å². The van der Waals surface area contributed by atoms with E-state index < -0.39 is 0 Å². The minimum Gasteiger partial charge on any atom is -0.356 e. The Morgan fingerprint density at radius 1 is 1.20 bits per heavy atom. The van der Waals surface area contributed by atoms with Gasteiger partial charge < -0.3 is 10.2 Å². The second-order valence-electron chi connectivity index (χ2n) is 5.37. The molecule has 0 radical (unpaired) electrons. The zero-order valence-corrected chi connectivity index (χ0v) is 12.6. The van der Waals surface area contributed by atoms with Crippen molar-refractivity contribution in [3.63, 3.8) is 0 Å². The summed E-state index contributed by atoms with van der Waals surface area (Å²) in [5.41, 5.74) is 1.07. The predicted molar refractivity (Wildman–Crippen MR) is 80.0 cm³/mol. The number of hydrogen-bond acceptors (Lipinski definition) is 2. The Labute approximate surface area is 121 Å². The Morgan fingerprint density at radius 2 is 1.85 bits per heavy atom. The minimum atomic E-state index is -0.00878. The molecule has 1 rings (SSSR count). The Hall–Kier alpha value is -1.84. The molecule has 4 nitrogen and oxygen atoms in total. The number of rotatable bonds is 7. The van der Waals surface area contributed by atoms with Crippen LogP contribution in [-0.4, -0.2) is 29.8 Å². The lowest BCUT2D eigenvalue weighted by Crippen LogP contribution is -2.34. The molecule has 0 heterocycles. The molecule has 0 aliphatic heterocycles. The highest BCUT2D eigenvalue weighted by atomic mass is 16.2. The van der Waals surface area contributed by atoms with Gasteiger partial charge in [0, 0.05) is 33.0 Å². The number of nitrogens with zero attached hydrogens (tertiary/aromatic N) is 1. The Morgan fingerprint density at radius 3 is 2.40 bits per heavy atom. The third-order valence-electron chi connectivity index (χ3n) is 2.98. The molecule has 4 heteroatoms. The van der Waals surface area contributed by atoms with E-state index in [0.717, 1.165) is 5.56 Å². The van der Waals surface area contributed by atoms with Crippen LogP contribution in [0, 0.1) is 5.92 Å². The highest BCUT2D eigenvalue weighted by Crippen LogP contribution is 2.05. The lowest BCUT2D eigenvalue weighted by atomic mass is 10.2. The molecule has 0 bridgehead atoms. The molecule has 0 fully saturated rings. The molecule has 1 aromatic carbocycles. The summed E-state index contributed by atoms with van der Waals surface area (Å²) in [7, 11) is 0. The van der Waals surface area contributed by atoms with E-state index in [2.05, 4.69) is 19.2 Å². The lowest BCUT2D eigenvalue weighted by molar-refractivity contribution is -0.130. The highest BCUT2D eigenvalue weighted by Gasteiger charge is 2.11. The summed E-state index contributed by atoms with van der Waals surface area (Å²) >= 11 is 0. The van der Waals surface area contributed by atoms with Gasteiger partial charge in [-0.2, -0.15) is 0 Å². The lowest BCUT2D eigenvalue weighted by Gasteiger charge is -2.21. The second-order valence-corrected chi connectivity index (χ2v) is 5.37. The van der Waals surface area contributed by atoms with Gasteiger partial charge in [0.25, 0.3) is 0 Å². The summed E-state index contributed by atoms with van der Waals surface area (Å²) in [6.07, 6.45) is 0.346. The summed E-state index contributed by atoms with van der Waals surface area (Å²) in [5, 5.41) is 2.86. The van der Waals surface area contributed by atoms with E-state index in [9.17, 15) is 9.59 Å². The quantitative estimate of drug-likeness (QED) is 0.830. The normalized spacial score (nSPS) is 10.4. The van der Waals surface area contributed by atoms with Crippen molar-refractivity contribution in [2.45, 2.75) is 33.7 Å². The first-order valence-corrected chi connectivity index (χ1v) is 7.05. The zero-order chi connectivity index (χ0) is 15.0. The van der Waals surface area contributed by atoms with Gasteiger partial charge in [-0.05, 0) is 11.5 Å². The Balaban J connectivity index is 2.44. The molecule has 20 heavy (non-hydrogen) atoms. The number of hydrogen-bond donors (Lipinski definition) is 1.